The fourth-order valence-corrected chi connectivity index (χ4v) is 2.35. The van der Waals surface area contributed by atoms with Crippen molar-refractivity contribution >= 4 is 34.1 Å². The van der Waals surface area contributed by atoms with Crippen molar-refractivity contribution in [1.29, 1.82) is 0 Å². The molecule has 2 aromatic carbocycles. The van der Waals surface area contributed by atoms with Gasteiger partial charge in [-0.2, -0.15) is 0 Å². The summed E-state index contributed by atoms with van der Waals surface area (Å²) in [7, 11) is 0. The van der Waals surface area contributed by atoms with Gasteiger partial charge in [0.2, 0.25) is 0 Å². The average Bonchev–Trinajstić information content (AvgIpc) is 2.54. The van der Waals surface area contributed by atoms with Crippen LogP contribution in [0.3, 0.4) is 0 Å². The second-order valence-corrected chi connectivity index (χ2v) is 5.20. The molecule has 1 amide bonds. The molecular formula is C17H12ClFN2O2. The summed E-state index contributed by atoms with van der Waals surface area (Å²) in [6.45, 7) is -0.241. The van der Waals surface area contributed by atoms with Gasteiger partial charge in [-0.05, 0) is 30.3 Å². The first-order valence-corrected chi connectivity index (χ1v) is 7.23. The van der Waals surface area contributed by atoms with Gasteiger partial charge in [0.05, 0.1) is 16.2 Å². The largest absolute Gasteiger partial charge is 0.482 e. The number of amides is 1. The standard InChI is InChI=1S/C17H12ClFN2O2/c18-13-9-12(19)6-7-15(13)23-10-16(22)21-14-5-1-3-11-4-2-8-20-17(11)14/h1-9H,10H2,(H,21,22). The van der Waals surface area contributed by atoms with E-state index in [0.29, 0.717) is 11.2 Å². The second-order valence-electron chi connectivity index (χ2n) is 4.79. The lowest BCUT2D eigenvalue weighted by molar-refractivity contribution is -0.118. The molecule has 4 nitrogen and oxygen atoms in total. The number of nitrogens with zero attached hydrogens (tertiary/aromatic N) is 1. The Labute approximate surface area is 136 Å². The number of para-hydroxylation sites is 1. The number of hydrogen-bond acceptors (Lipinski definition) is 3. The van der Waals surface area contributed by atoms with Crippen molar-refractivity contribution in [1.82, 2.24) is 4.98 Å². The van der Waals surface area contributed by atoms with Crippen LogP contribution in [0.4, 0.5) is 10.1 Å². The molecule has 0 aliphatic carbocycles. The first-order valence-electron chi connectivity index (χ1n) is 6.85. The Kier molecular flexibility index (Phi) is 4.39. The molecule has 0 bridgehead atoms. The van der Waals surface area contributed by atoms with E-state index in [4.69, 9.17) is 16.3 Å². The van der Waals surface area contributed by atoms with Crippen molar-refractivity contribution < 1.29 is 13.9 Å². The van der Waals surface area contributed by atoms with Gasteiger partial charge in [0, 0.05) is 11.6 Å². The Morgan fingerprint density at radius 3 is 2.87 bits per heavy atom. The number of carbonyl (C=O) groups is 1. The minimum atomic E-state index is -0.464. The highest BCUT2D eigenvalue weighted by Gasteiger charge is 2.09. The first kappa shape index (κ1) is 15.2. The van der Waals surface area contributed by atoms with E-state index < -0.39 is 5.82 Å². The van der Waals surface area contributed by atoms with Gasteiger partial charge in [0.15, 0.2) is 6.61 Å². The number of halogens is 2. The highest BCUT2D eigenvalue weighted by atomic mass is 35.5. The normalized spacial score (nSPS) is 10.5. The molecule has 6 heteroatoms. The topological polar surface area (TPSA) is 51.2 Å². The summed E-state index contributed by atoms with van der Waals surface area (Å²) < 4.78 is 18.3. The van der Waals surface area contributed by atoms with Gasteiger partial charge in [-0.25, -0.2) is 4.39 Å². The summed E-state index contributed by atoms with van der Waals surface area (Å²) in [5, 5.41) is 3.78. The third-order valence-corrected chi connectivity index (χ3v) is 3.45. The van der Waals surface area contributed by atoms with Crippen LogP contribution in [0.1, 0.15) is 0 Å². The van der Waals surface area contributed by atoms with E-state index in [1.165, 1.54) is 12.1 Å². The summed E-state index contributed by atoms with van der Waals surface area (Å²) in [6.07, 6.45) is 1.66. The number of nitrogens with one attached hydrogen (secondary N) is 1. The van der Waals surface area contributed by atoms with Crippen LogP contribution in [0.5, 0.6) is 5.75 Å². The van der Waals surface area contributed by atoms with Gasteiger partial charge < -0.3 is 10.1 Å². The lowest BCUT2D eigenvalue weighted by atomic mass is 10.2. The molecule has 1 aromatic heterocycles. The fraction of sp³-hybridized carbons (Fsp3) is 0.0588. The van der Waals surface area contributed by atoms with E-state index >= 15 is 0 Å². The summed E-state index contributed by atoms with van der Waals surface area (Å²) in [4.78, 5) is 16.3. The summed E-state index contributed by atoms with van der Waals surface area (Å²) in [5.41, 5.74) is 1.30. The van der Waals surface area contributed by atoms with Crippen molar-refractivity contribution in [3.05, 3.63) is 65.6 Å². The van der Waals surface area contributed by atoms with Crippen LogP contribution >= 0.6 is 11.6 Å². The Bertz CT molecular complexity index is 865. The van der Waals surface area contributed by atoms with Crippen LogP contribution in [0.25, 0.3) is 10.9 Å². The number of carbonyl (C=O) groups excluding carboxylic acids is 1. The van der Waals surface area contributed by atoms with E-state index in [0.717, 1.165) is 11.5 Å². The average molecular weight is 331 g/mol. The molecule has 1 N–H and O–H groups in total. The SMILES string of the molecule is O=C(COc1ccc(F)cc1Cl)Nc1cccc2cccnc12. The molecule has 0 saturated carbocycles. The number of ether oxygens (including phenoxy) is 1. The molecule has 0 aliphatic rings. The van der Waals surface area contributed by atoms with E-state index in [-0.39, 0.29) is 23.3 Å². The summed E-state index contributed by atoms with van der Waals surface area (Å²) >= 11 is 5.84. The lowest BCUT2D eigenvalue weighted by Gasteiger charge is -2.10. The van der Waals surface area contributed by atoms with Crippen LogP contribution in [0.15, 0.2) is 54.7 Å². The van der Waals surface area contributed by atoms with Gasteiger partial charge in [0.25, 0.3) is 5.91 Å². The predicted molar refractivity (Wildman–Crippen MR) is 87.3 cm³/mol. The number of pyridine rings is 1. The van der Waals surface area contributed by atoms with Crippen molar-refractivity contribution in [2.75, 3.05) is 11.9 Å². The smallest absolute Gasteiger partial charge is 0.262 e. The predicted octanol–water partition coefficient (Wildman–Crippen LogP) is 4.04. The zero-order valence-electron chi connectivity index (χ0n) is 11.9. The van der Waals surface area contributed by atoms with Crippen LogP contribution in [-0.2, 0) is 4.79 Å². The van der Waals surface area contributed by atoms with Gasteiger partial charge in [0.1, 0.15) is 11.6 Å². The van der Waals surface area contributed by atoms with E-state index in [1.807, 2.05) is 24.3 Å². The zero-order valence-corrected chi connectivity index (χ0v) is 12.7. The van der Waals surface area contributed by atoms with Crippen LogP contribution in [0.2, 0.25) is 5.02 Å². The Hall–Kier alpha value is -2.66. The number of benzene rings is 2. The van der Waals surface area contributed by atoms with Gasteiger partial charge in [-0.15, -0.1) is 0 Å². The molecule has 0 spiro atoms. The highest BCUT2D eigenvalue weighted by Crippen LogP contribution is 2.25. The van der Waals surface area contributed by atoms with Gasteiger partial charge in [-0.3, -0.25) is 9.78 Å². The van der Waals surface area contributed by atoms with Crippen molar-refractivity contribution in [2.24, 2.45) is 0 Å². The molecular weight excluding hydrogens is 319 g/mol. The molecule has 3 rings (SSSR count). The Morgan fingerprint density at radius 1 is 1.22 bits per heavy atom. The minimum Gasteiger partial charge on any atom is -0.482 e. The maximum Gasteiger partial charge on any atom is 0.262 e. The third-order valence-electron chi connectivity index (χ3n) is 3.16. The second kappa shape index (κ2) is 6.62. The van der Waals surface area contributed by atoms with Crippen LogP contribution < -0.4 is 10.1 Å². The van der Waals surface area contributed by atoms with Gasteiger partial charge >= 0.3 is 0 Å². The minimum absolute atomic E-state index is 0.115. The monoisotopic (exact) mass is 330 g/mol. The fourth-order valence-electron chi connectivity index (χ4n) is 2.13. The zero-order chi connectivity index (χ0) is 16.2. The van der Waals surface area contributed by atoms with Crippen LogP contribution in [-0.4, -0.2) is 17.5 Å². The molecule has 1 heterocycles. The van der Waals surface area contributed by atoms with Crippen molar-refractivity contribution in [2.45, 2.75) is 0 Å². The number of fused-ring (bicyclic) bond motifs is 1. The summed E-state index contributed by atoms with van der Waals surface area (Å²) in [5.74, 6) is -0.573. The molecule has 0 saturated heterocycles. The Morgan fingerprint density at radius 2 is 2.04 bits per heavy atom. The molecule has 0 unspecified atom stereocenters. The maximum atomic E-state index is 13.0. The molecule has 116 valence electrons. The van der Waals surface area contributed by atoms with E-state index in [1.54, 1.807) is 12.3 Å². The van der Waals surface area contributed by atoms with Gasteiger partial charge in [-0.1, -0.05) is 29.8 Å². The number of aromatic nitrogens is 1. The third kappa shape index (κ3) is 3.57. The first-order chi connectivity index (χ1) is 11.1. The molecule has 0 fully saturated rings. The number of hydrogen-bond donors (Lipinski definition) is 1. The molecule has 3 aromatic rings. The maximum absolute atomic E-state index is 13.0. The molecule has 0 radical (unpaired) electrons. The lowest BCUT2D eigenvalue weighted by Crippen LogP contribution is -2.20. The highest BCUT2D eigenvalue weighted by molar-refractivity contribution is 6.32. The van der Waals surface area contributed by atoms with Crippen molar-refractivity contribution in [3.8, 4) is 5.75 Å². The summed E-state index contributed by atoms with van der Waals surface area (Å²) in [6, 6.07) is 13.0. The number of rotatable bonds is 4. The molecule has 23 heavy (non-hydrogen) atoms. The molecule has 0 atom stereocenters. The van der Waals surface area contributed by atoms with E-state index in [2.05, 4.69) is 10.3 Å². The number of anilines is 1. The van der Waals surface area contributed by atoms with E-state index in [9.17, 15) is 9.18 Å². The van der Waals surface area contributed by atoms with Crippen molar-refractivity contribution in [3.63, 3.8) is 0 Å². The molecule has 0 aliphatic heterocycles. The van der Waals surface area contributed by atoms with Crippen LogP contribution in [0, 0.1) is 5.82 Å². The Balaban J connectivity index is 1.69. The quantitative estimate of drug-likeness (QED) is 0.785.